The smallest absolute Gasteiger partial charge is 0.407 e. The number of halogens is 1. The topological polar surface area (TPSA) is 91.5 Å². The standard InChI is InChI=1S/C17H21ClN4O2/c1-22(16(23)24)17(5-8-20-10-17)14-11(4-6-19)9-13(18)12-3-2-7-21-15(12)14/h2-3,7,9,20H,4-6,8,10,19H2,1H3,(H,23,24)/t17-/m1/s1. The quantitative estimate of drug-likeness (QED) is 0.787. The van der Waals surface area contributed by atoms with Crippen LogP contribution in [0.2, 0.25) is 5.02 Å². The van der Waals surface area contributed by atoms with Gasteiger partial charge in [-0.2, -0.15) is 0 Å². The van der Waals surface area contributed by atoms with E-state index in [0.717, 1.165) is 28.6 Å². The van der Waals surface area contributed by atoms with Crippen molar-refractivity contribution in [2.24, 2.45) is 5.73 Å². The van der Waals surface area contributed by atoms with E-state index >= 15 is 0 Å². The van der Waals surface area contributed by atoms with E-state index in [9.17, 15) is 9.90 Å². The van der Waals surface area contributed by atoms with Gasteiger partial charge in [0.05, 0.1) is 16.1 Å². The lowest BCUT2D eigenvalue weighted by molar-refractivity contribution is 0.101. The van der Waals surface area contributed by atoms with Gasteiger partial charge >= 0.3 is 6.09 Å². The lowest BCUT2D eigenvalue weighted by Gasteiger charge is -2.38. The zero-order valence-corrected chi connectivity index (χ0v) is 14.3. The van der Waals surface area contributed by atoms with E-state index in [1.807, 2.05) is 18.2 Å². The molecule has 0 spiro atoms. The Hall–Kier alpha value is -1.89. The number of rotatable bonds is 4. The Morgan fingerprint density at radius 2 is 2.38 bits per heavy atom. The number of benzene rings is 1. The largest absolute Gasteiger partial charge is 0.465 e. The first-order valence-electron chi connectivity index (χ1n) is 7.95. The molecule has 1 saturated heterocycles. The summed E-state index contributed by atoms with van der Waals surface area (Å²) in [7, 11) is 1.62. The second-order valence-electron chi connectivity index (χ2n) is 6.13. The summed E-state index contributed by atoms with van der Waals surface area (Å²) in [4.78, 5) is 17.7. The molecule has 128 valence electrons. The third-order valence-corrected chi connectivity index (χ3v) is 5.18. The number of carbonyl (C=O) groups is 1. The molecule has 1 atom stereocenters. The summed E-state index contributed by atoms with van der Waals surface area (Å²) in [6, 6.07) is 5.65. The maximum Gasteiger partial charge on any atom is 0.407 e. The minimum Gasteiger partial charge on any atom is -0.465 e. The number of hydrogen-bond acceptors (Lipinski definition) is 4. The number of carboxylic acid groups (broad SMARTS) is 1. The minimum absolute atomic E-state index is 0.460. The Labute approximate surface area is 145 Å². The second kappa shape index (κ2) is 6.55. The Balaban J connectivity index is 2.35. The molecule has 7 heteroatoms. The van der Waals surface area contributed by atoms with Crippen molar-refractivity contribution in [2.45, 2.75) is 18.4 Å². The lowest BCUT2D eigenvalue weighted by atomic mass is 9.81. The van der Waals surface area contributed by atoms with E-state index in [-0.39, 0.29) is 0 Å². The van der Waals surface area contributed by atoms with Gasteiger partial charge in [0.15, 0.2) is 0 Å². The molecule has 0 bridgehead atoms. The Bertz CT molecular complexity index is 775. The van der Waals surface area contributed by atoms with Crippen LogP contribution in [-0.2, 0) is 12.0 Å². The minimum atomic E-state index is -0.962. The molecule has 1 fully saturated rings. The molecule has 1 aromatic carbocycles. The molecule has 1 aromatic heterocycles. The molecule has 0 unspecified atom stereocenters. The van der Waals surface area contributed by atoms with Crippen LogP contribution in [0.1, 0.15) is 17.5 Å². The fraction of sp³-hybridized carbons (Fsp3) is 0.412. The molecule has 0 saturated carbocycles. The summed E-state index contributed by atoms with van der Waals surface area (Å²) in [5.74, 6) is 0. The predicted molar refractivity (Wildman–Crippen MR) is 94.5 cm³/mol. The SMILES string of the molecule is CN(C(=O)O)[C@]1(c2c(CCN)cc(Cl)c3cccnc23)CCNC1. The first-order chi connectivity index (χ1) is 11.5. The van der Waals surface area contributed by atoms with Crippen LogP contribution < -0.4 is 11.1 Å². The summed E-state index contributed by atoms with van der Waals surface area (Å²) in [6.07, 6.45) is 2.05. The molecular formula is C17H21ClN4O2. The first-order valence-corrected chi connectivity index (χ1v) is 8.33. The highest BCUT2D eigenvalue weighted by molar-refractivity contribution is 6.35. The number of nitrogens with zero attached hydrogens (tertiary/aromatic N) is 2. The third kappa shape index (κ3) is 2.60. The number of nitrogens with one attached hydrogen (secondary N) is 1. The molecule has 0 radical (unpaired) electrons. The third-order valence-electron chi connectivity index (χ3n) is 4.86. The average Bonchev–Trinajstić information content (AvgIpc) is 3.05. The van der Waals surface area contributed by atoms with Crippen molar-refractivity contribution in [1.82, 2.24) is 15.2 Å². The van der Waals surface area contributed by atoms with E-state index in [1.54, 1.807) is 13.2 Å². The van der Waals surface area contributed by atoms with Crippen molar-refractivity contribution in [3.8, 4) is 0 Å². The fourth-order valence-electron chi connectivity index (χ4n) is 3.65. The zero-order valence-electron chi connectivity index (χ0n) is 13.6. The molecule has 1 amide bonds. The number of likely N-dealkylation sites (N-methyl/N-ethyl adjacent to an activating group) is 1. The van der Waals surface area contributed by atoms with E-state index < -0.39 is 11.6 Å². The molecule has 3 rings (SSSR count). The normalized spacial score (nSPS) is 20.5. The first kappa shape index (κ1) is 17.0. The molecule has 1 aliphatic heterocycles. The maximum absolute atomic E-state index is 11.8. The van der Waals surface area contributed by atoms with Crippen LogP contribution in [0.3, 0.4) is 0 Å². The summed E-state index contributed by atoms with van der Waals surface area (Å²) < 4.78 is 0. The van der Waals surface area contributed by atoms with Crippen molar-refractivity contribution in [3.63, 3.8) is 0 Å². The van der Waals surface area contributed by atoms with Gasteiger partial charge in [-0.05, 0) is 49.7 Å². The van der Waals surface area contributed by atoms with Crippen molar-refractivity contribution in [3.05, 3.63) is 40.5 Å². The van der Waals surface area contributed by atoms with Gasteiger partial charge in [0.2, 0.25) is 0 Å². The predicted octanol–water partition coefficient (Wildman–Crippen LogP) is 2.19. The molecule has 2 aromatic rings. The van der Waals surface area contributed by atoms with Gasteiger partial charge in [0, 0.05) is 30.7 Å². The van der Waals surface area contributed by atoms with E-state index in [0.29, 0.717) is 31.0 Å². The van der Waals surface area contributed by atoms with Crippen LogP contribution in [0.4, 0.5) is 4.79 Å². The fourth-order valence-corrected chi connectivity index (χ4v) is 3.94. The van der Waals surface area contributed by atoms with Gasteiger partial charge in [0.1, 0.15) is 0 Å². The zero-order chi connectivity index (χ0) is 17.3. The lowest BCUT2D eigenvalue weighted by Crippen LogP contribution is -2.49. The van der Waals surface area contributed by atoms with E-state index in [1.165, 1.54) is 4.90 Å². The van der Waals surface area contributed by atoms with Crippen LogP contribution >= 0.6 is 11.6 Å². The van der Waals surface area contributed by atoms with Crippen molar-refractivity contribution in [1.29, 1.82) is 0 Å². The summed E-state index contributed by atoms with van der Waals surface area (Å²) in [6.45, 7) is 1.75. The van der Waals surface area contributed by atoms with Gasteiger partial charge in [-0.25, -0.2) is 4.79 Å². The van der Waals surface area contributed by atoms with Gasteiger partial charge < -0.3 is 21.1 Å². The summed E-state index contributed by atoms with van der Waals surface area (Å²) in [5.41, 5.74) is 7.76. The van der Waals surface area contributed by atoms with Crippen LogP contribution in [0.5, 0.6) is 0 Å². The number of pyridine rings is 1. The van der Waals surface area contributed by atoms with Crippen molar-refractivity contribution < 1.29 is 9.90 Å². The van der Waals surface area contributed by atoms with Gasteiger partial charge in [0.25, 0.3) is 0 Å². The number of fused-ring (bicyclic) bond motifs is 1. The molecule has 1 aliphatic rings. The maximum atomic E-state index is 11.8. The van der Waals surface area contributed by atoms with Crippen molar-refractivity contribution >= 4 is 28.6 Å². The summed E-state index contributed by atoms with van der Waals surface area (Å²) in [5, 5.41) is 14.4. The Morgan fingerprint density at radius 1 is 1.58 bits per heavy atom. The van der Waals surface area contributed by atoms with Crippen LogP contribution in [-0.4, -0.2) is 47.8 Å². The van der Waals surface area contributed by atoms with Crippen LogP contribution in [0.25, 0.3) is 10.9 Å². The van der Waals surface area contributed by atoms with Crippen LogP contribution in [0.15, 0.2) is 24.4 Å². The number of hydrogen-bond donors (Lipinski definition) is 3. The van der Waals surface area contributed by atoms with E-state index in [4.69, 9.17) is 17.3 Å². The highest BCUT2D eigenvalue weighted by atomic mass is 35.5. The second-order valence-corrected chi connectivity index (χ2v) is 6.54. The van der Waals surface area contributed by atoms with Gasteiger partial charge in [-0.15, -0.1) is 0 Å². The molecule has 4 N–H and O–H groups in total. The Morgan fingerprint density at radius 3 is 3.00 bits per heavy atom. The Kier molecular flexibility index (Phi) is 4.62. The van der Waals surface area contributed by atoms with Crippen LogP contribution in [0, 0.1) is 0 Å². The molecular weight excluding hydrogens is 328 g/mol. The van der Waals surface area contributed by atoms with Gasteiger partial charge in [-0.1, -0.05) is 11.6 Å². The average molecular weight is 349 g/mol. The molecule has 6 nitrogen and oxygen atoms in total. The number of aromatic nitrogens is 1. The molecule has 2 heterocycles. The highest BCUT2D eigenvalue weighted by Crippen LogP contribution is 2.41. The number of amides is 1. The molecule has 24 heavy (non-hydrogen) atoms. The van der Waals surface area contributed by atoms with Crippen molar-refractivity contribution in [2.75, 3.05) is 26.7 Å². The van der Waals surface area contributed by atoms with Gasteiger partial charge in [-0.3, -0.25) is 4.98 Å². The number of nitrogens with two attached hydrogens (primary N) is 1. The van der Waals surface area contributed by atoms with E-state index in [2.05, 4.69) is 10.3 Å². The summed E-state index contributed by atoms with van der Waals surface area (Å²) >= 11 is 6.44. The highest BCUT2D eigenvalue weighted by Gasteiger charge is 2.44. The molecule has 0 aliphatic carbocycles. The monoisotopic (exact) mass is 348 g/mol.